The fourth-order valence-electron chi connectivity index (χ4n) is 1.50. The van der Waals surface area contributed by atoms with Gasteiger partial charge in [0.2, 0.25) is 0 Å². The van der Waals surface area contributed by atoms with Crippen LogP contribution in [0.15, 0.2) is 12.4 Å². The third kappa shape index (κ3) is 2.13. The molecule has 0 bridgehead atoms. The summed E-state index contributed by atoms with van der Waals surface area (Å²) in [5.74, 6) is 1.02. The Labute approximate surface area is 101 Å². The van der Waals surface area contributed by atoms with Crippen molar-refractivity contribution in [3.05, 3.63) is 17.3 Å². The molecule has 2 aromatic heterocycles. The SMILES string of the molecule is Cc1cc2c(N(C)CCBr)ncnc2s1. The number of nitrogens with zero attached hydrogens (tertiary/aromatic N) is 3. The van der Waals surface area contributed by atoms with Crippen molar-refractivity contribution < 1.29 is 0 Å². The van der Waals surface area contributed by atoms with E-state index in [1.165, 1.54) is 4.88 Å². The average molecular weight is 286 g/mol. The largest absolute Gasteiger partial charge is 0.358 e. The first-order valence-electron chi connectivity index (χ1n) is 4.70. The molecule has 2 aromatic rings. The van der Waals surface area contributed by atoms with Crippen molar-refractivity contribution in [2.24, 2.45) is 0 Å². The predicted octanol–water partition coefficient (Wildman–Crippen LogP) is 2.83. The summed E-state index contributed by atoms with van der Waals surface area (Å²) in [7, 11) is 2.05. The number of hydrogen-bond donors (Lipinski definition) is 0. The van der Waals surface area contributed by atoms with Gasteiger partial charge >= 0.3 is 0 Å². The highest BCUT2D eigenvalue weighted by molar-refractivity contribution is 9.09. The van der Waals surface area contributed by atoms with E-state index in [4.69, 9.17) is 0 Å². The van der Waals surface area contributed by atoms with Gasteiger partial charge in [-0.2, -0.15) is 0 Å². The number of alkyl halides is 1. The summed E-state index contributed by atoms with van der Waals surface area (Å²) in [6.45, 7) is 3.04. The zero-order valence-corrected chi connectivity index (χ0v) is 11.1. The summed E-state index contributed by atoms with van der Waals surface area (Å²) < 4.78 is 0. The van der Waals surface area contributed by atoms with Crippen molar-refractivity contribution in [2.75, 3.05) is 23.8 Å². The molecule has 0 aliphatic rings. The van der Waals surface area contributed by atoms with Gasteiger partial charge in [-0.1, -0.05) is 15.9 Å². The van der Waals surface area contributed by atoms with Crippen molar-refractivity contribution >= 4 is 43.3 Å². The molecule has 0 N–H and O–H groups in total. The molecule has 15 heavy (non-hydrogen) atoms. The van der Waals surface area contributed by atoms with Crippen molar-refractivity contribution in [1.29, 1.82) is 0 Å². The van der Waals surface area contributed by atoms with Crippen LogP contribution in [0.2, 0.25) is 0 Å². The highest BCUT2D eigenvalue weighted by Gasteiger charge is 2.09. The minimum Gasteiger partial charge on any atom is -0.358 e. The van der Waals surface area contributed by atoms with E-state index in [1.54, 1.807) is 17.7 Å². The molecule has 0 fully saturated rings. The van der Waals surface area contributed by atoms with Crippen LogP contribution in [0.25, 0.3) is 10.2 Å². The molecule has 2 heterocycles. The average Bonchev–Trinajstić information content (AvgIpc) is 2.57. The van der Waals surface area contributed by atoms with Crippen LogP contribution in [0.1, 0.15) is 4.88 Å². The van der Waals surface area contributed by atoms with Crippen molar-refractivity contribution in [3.63, 3.8) is 0 Å². The summed E-state index contributed by atoms with van der Waals surface area (Å²) in [6, 6.07) is 2.15. The normalized spacial score (nSPS) is 10.9. The number of thiophene rings is 1. The molecule has 0 amide bonds. The molecule has 3 nitrogen and oxygen atoms in total. The van der Waals surface area contributed by atoms with E-state index in [2.05, 4.69) is 50.8 Å². The second-order valence-corrected chi connectivity index (χ2v) is 5.41. The Balaban J connectivity index is 2.50. The van der Waals surface area contributed by atoms with E-state index >= 15 is 0 Å². The molecule has 80 valence electrons. The maximum absolute atomic E-state index is 4.34. The minimum atomic E-state index is 0.943. The fourth-order valence-corrected chi connectivity index (χ4v) is 2.87. The van der Waals surface area contributed by atoms with Crippen molar-refractivity contribution in [2.45, 2.75) is 6.92 Å². The number of fused-ring (bicyclic) bond motifs is 1. The van der Waals surface area contributed by atoms with Gasteiger partial charge in [0, 0.05) is 23.8 Å². The Hall–Kier alpha value is -0.680. The summed E-state index contributed by atoms with van der Waals surface area (Å²) in [5, 5.41) is 2.10. The first kappa shape index (κ1) is 10.8. The number of rotatable bonds is 3. The first-order valence-corrected chi connectivity index (χ1v) is 6.64. The van der Waals surface area contributed by atoms with Crippen molar-refractivity contribution in [1.82, 2.24) is 9.97 Å². The second kappa shape index (κ2) is 4.45. The third-order valence-electron chi connectivity index (χ3n) is 2.21. The van der Waals surface area contributed by atoms with Crippen molar-refractivity contribution in [3.8, 4) is 0 Å². The molecular weight excluding hydrogens is 274 g/mol. The molecule has 5 heteroatoms. The highest BCUT2D eigenvalue weighted by atomic mass is 79.9. The topological polar surface area (TPSA) is 29.0 Å². The molecule has 0 unspecified atom stereocenters. The number of aryl methyl sites for hydroxylation is 1. The van der Waals surface area contributed by atoms with Crippen LogP contribution < -0.4 is 4.90 Å². The van der Waals surface area contributed by atoms with Gasteiger partial charge in [-0.25, -0.2) is 9.97 Å². The van der Waals surface area contributed by atoms with E-state index in [0.29, 0.717) is 0 Å². The van der Waals surface area contributed by atoms with Gasteiger partial charge in [0.1, 0.15) is 17.0 Å². The predicted molar refractivity (Wildman–Crippen MR) is 69.2 cm³/mol. The quantitative estimate of drug-likeness (QED) is 0.812. The Morgan fingerprint density at radius 2 is 2.27 bits per heavy atom. The monoisotopic (exact) mass is 285 g/mol. The standard InChI is InChI=1S/C10H12BrN3S/c1-7-5-8-9(14(2)4-3-11)12-6-13-10(8)15-7/h5-6H,3-4H2,1-2H3. The van der Waals surface area contributed by atoms with Crippen LogP contribution in [0.4, 0.5) is 5.82 Å². The van der Waals surface area contributed by atoms with Gasteiger partial charge in [-0.3, -0.25) is 0 Å². The summed E-state index contributed by atoms with van der Waals surface area (Å²) in [6.07, 6.45) is 1.64. The smallest absolute Gasteiger partial charge is 0.140 e. The molecular formula is C10H12BrN3S. The Morgan fingerprint density at radius 3 is 3.00 bits per heavy atom. The maximum atomic E-state index is 4.34. The third-order valence-corrected chi connectivity index (χ3v) is 3.53. The number of halogens is 1. The van der Waals surface area contributed by atoms with Gasteiger partial charge in [0.25, 0.3) is 0 Å². The Bertz CT molecular complexity index is 469. The first-order chi connectivity index (χ1) is 7.22. The lowest BCUT2D eigenvalue weighted by molar-refractivity contribution is 0.953. The van der Waals surface area contributed by atoms with Gasteiger partial charge in [-0.05, 0) is 13.0 Å². The second-order valence-electron chi connectivity index (χ2n) is 3.38. The Morgan fingerprint density at radius 1 is 1.47 bits per heavy atom. The maximum Gasteiger partial charge on any atom is 0.140 e. The van der Waals surface area contributed by atoms with Gasteiger partial charge in [-0.15, -0.1) is 11.3 Å². The summed E-state index contributed by atoms with van der Waals surface area (Å²) in [4.78, 5) is 13.1. The summed E-state index contributed by atoms with van der Waals surface area (Å²) >= 11 is 5.15. The van der Waals surface area contributed by atoms with Gasteiger partial charge < -0.3 is 4.90 Å². The fraction of sp³-hybridized carbons (Fsp3) is 0.400. The lowest BCUT2D eigenvalue weighted by atomic mass is 10.3. The molecule has 0 aliphatic carbocycles. The molecule has 0 radical (unpaired) electrons. The number of hydrogen-bond acceptors (Lipinski definition) is 4. The van der Waals surface area contributed by atoms with E-state index < -0.39 is 0 Å². The van der Waals surface area contributed by atoms with Crippen LogP contribution >= 0.6 is 27.3 Å². The zero-order valence-electron chi connectivity index (χ0n) is 8.70. The van der Waals surface area contributed by atoms with Crippen LogP contribution in [0.3, 0.4) is 0 Å². The highest BCUT2D eigenvalue weighted by Crippen LogP contribution is 2.28. The molecule has 0 aliphatic heterocycles. The van der Waals surface area contributed by atoms with Crippen LogP contribution in [0, 0.1) is 6.92 Å². The Kier molecular flexibility index (Phi) is 3.21. The molecule has 2 rings (SSSR count). The van der Waals surface area contributed by atoms with E-state index in [0.717, 1.165) is 27.9 Å². The van der Waals surface area contributed by atoms with Crippen LogP contribution in [-0.2, 0) is 0 Å². The lowest BCUT2D eigenvalue weighted by Crippen LogP contribution is -2.20. The van der Waals surface area contributed by atoms with Crippen LogP contribution in [0.5, 0.6) is 0 Å². The molecule has 0 saturated carbocycles. The number of anilines is 1. The van der Waals surface area contributed by atoms with E-state index in [-0.39, 0.29) is 0 Å². The van der Waals surface area contributed by atoms with Crippen LogP contribution in [-0.4, -0.2) is 28.9 Å². The molecule has 0 atom stereocenters. The minimum absolute atomic E-state index is 0.943. The van der Waals surface area contributed by atoms with E-state index in [9.17, 15) is 0 Å². The molecule has 0 spiro atoms. The number of aromatic nitrogens is 2. The zero-order chi connectivity index (χ0) is 10.8. The van der Waals surface area contributed by atoms with Gasteiger partial charge in [0.15, 0.2) is 0 Å². The molecule has 0 aromatic carbocycles. The summed E-state index contributed by atoms with van der Waals surface area (Å²) in [5.41, 5.74) is 0. The van der Waals surface area contributed by atoms with Gasteiger partial charge in [0.05, 0.1) is 5.39 Å². The molecule has 0 saturated heterocycles. The van der Waals surface area contributed by atoms with E-state index in [1.807, 2.05) is 0 Å². The lowest BCUT2D eigenvalue weighted by Gasteiger charge is -2.16.